The summed E-state index contributed by atoms with van der Waals surface area (Å²) in [6.45, 7) is 9.81. The van der Waals surface area contributed by atoms with Crippen LogP contribution in [0.5, 0.6) is 0 Å². The van der Waals surface area contributed by atoms with Gasteiger partial charge in [0.1, 0.15) is 5.54 Å². The van der Waals surface area contributed by atoms with Crippen molar-refractivity contribution in [2.24, 2.45) is 5.92 Å². The largest absolute Gasteiger partial charge is 0.326 e. The topological polar surface area (TPSA) is 85.0 Å². The summed E-state index contributed by atoms with van der Waals surface area (Å²) in [5, 5.41) is 6.01. The predicted octanol–water partition coefficient (Wildman–Crippen LogP) is 2.32. The summed E-state index contributed by atoms with van der Waals surface area (Å²) in [6.07, 6.45) is 3.42. The third-order valence-electron chi connectivity index (χ3n) is 7.43. The summed E-state index contributed by atoms with van der Waals surface area (Å²) in [6, 6.07) is 5.65. The highest BCUT2D eigenvalue weighted by Gasteiger charge is 2.52. The number of imide groups is 1. The van der Waals surface area contributed by atoms with Crippen LogP contribution in [-0.4, -0.2) is 77.5 Å². The zero-order valence-corrected chi connectivity index (χ0v) is 19.4. The average Bonchev–Trinajstić information content (AvgIpc) is 2.99. The Bertz CT molecular complexity index is 886. The minimum Gasteiger partial charge on any atom is -0.325 e. The van der Waals surface area contributed by atoms with Crippen LogP contribution in [0.15, 0.2) is 18.2 Å². The number of aryl methyl sites for hydroxylation is 1. The number of piperazine rings is 1. The van der Waals surface area contributed by atoms with Gasteiger partial charge in [0.05, 0.1) is 13.2 Å². The number of urea groups is 1. The van der Waals surface area contributed by atoms with E-state index in [9.17, 15) is 14.4 Å². The van der Waals surface area contributed by atoms with Gasteiger partial charge in [-0.05, 0) is 62.6 Å². The molecule has 8 nitrogen and oxygen atoms in total. The molecule has 1 spiro atoms. The molecule has 2 heterocycles. The van der Waals surface area contributed by atoms with E-state index in [1.807, 2.05) is 32.0 Å². The lowest BCUT2D eigenvalue weighted by atomic mass is 9.77. The second-order valence-electron chi connectivity index (χ2n) is 9.76. The number of nitrogens with zero attached hydrogens (tertiary/aromatic N) is 3. The molecular weight excluding hydrogens is 406 g/mol. The minimum atomic E-state index is -0.683. The van der Waals surface area contributed by atoms with Gasteiger partial charge in [-0.2, -0.15) is 0 Å². The van der Waals surface area contributed by atoms with E-state index in [1.165, 1.54) is 4.90 Å². The molecule has 2 saturated heterocycles. The standard InChI is InChI=1S/C24H35N5O3/c1-17-7-9-24(10-8-17)22(31)29(23(32)26-24)16-28-13-11-27(12-14-28)15-21(30)25-20-6-4-5-18(2)19(20)3/h4-6,17H,7-16H2,1-3H3,(H,25,30)(H,26,32). The van der Waals surface area contributed by atoms with E-state index in [0.717, 1.165) is 68.7 Å². The molecule has 1 aromatic rings. The quantitative estimate of drug-likeness (QED) is 0.685. The fourth-order valence-corrected chi connectivity index (χ4v) is 4.97. The van der Waals surface area contributed by atoms with Crippen LogP contribution >= 0.6 is 0 Å². The van der Waals surface area contributed by atoms with Gasteiger partial charge in [-0.25, -0.2) is 9.69 Å². The number of rotatable bonds is 5. The summed E-state index contributed by atoms with van der Waals surface area (Å²) >= 11 is 0. The van der Waals surface area contributed by atoms with Crippen LogP contribution < -0.4 is 10.6 Å². The highest BCUT2D eigenvalue weighted by Crippen LogP contribution is 2.36. The lowest BCUT2D eigenvalue weighted by Crippen LogP contribution is -2.53. The number of benzene rings is 1. The van der Waals surface area contributed by atoms with Gasteiger partial charge in [0.25, 0.3) is 5.91 Å². The smallest absolute Gasteiger partial charge is 0.325 e. The second-order valence-corrected chi connectivity index (χ2v) is 9.76. The first-order valence-corrected chi connectivity index (χ1v) is 11.7. The molecule has 0 radical (unpaired) electrons. The maximum Gasteiger partial charge on any atom is 0.326 e. The molecule has 2 aliphatic heterocycles. The van der Waals surface area contributed by atoms with Crippen molar-refractivity contribution in [1.82, 2.24) is 20.0 Å². The Hall–Kier alpha value is -2.45. The van der Waals surface area contributed by atoms with Gasteiger partial charge >= 0.3 is 6.03 Å². The minimum absolute atomic E-state index is 0.0188. The number of carbonyl (C=O) groups is 3. The molecule has 0 unspecified atom stereocenters. The Labute approximate surface area is 190 Å². The zero-order valence-electron chi connectivity index (χ0n) is 19.4. The molecule has 8 heteroatoms. The molecule has 1 aliphatic carbocycles. The molecule has 4 amide bonds. The summed E-state index contributed by atoms with van der Waals surface area (Å²) in [5.41, 5.74) is 2.42. The van der Waals surface area contributed by atoms with Crippen LogP contribution in [0.4, 0.5) is 10.5 Å². The van der Waals surface area contributed by atoms with Crippen LogP contribution in [0.3, 0.4) is 0 Å². The van der Waals surface area contributed by atoms with Crippen molar-refractivity contribution >= 4 is 23.5 Å². The van der Waals surface area contributed by atoms with Gasteiger partial charge in [0, 0.05) is 31.9 Å². The van der Waals surface area contributed by atoms with Crippen molar-refractivity contribution in [2.45, 2.75) is 52.0 Å². The van der Waals surface area contributed by atoms with Gasteiger partial charge in [-0.1, -0.05) is 19.1 Å². The lowest BCUT2D eigenvalue weighted by Gasteiger charge is -2.36. The van der Waals surface area contributed by atoms with Crippen LogP contribution in [0.2, 0.25) is 0 Å². The number of amides is 4. The number of hydrogen-bond donors (Lipinski definition) is 2. The van der Waals surface area contributed by atoms with Crippen molar-refractivity contribution in [3.63, 3.8) is 0 Å². The Kier molecular flexibility index (Phi) is 6.53. The molecule has 0 atom stereocenters. The molecule has 1 saturated carbocycles. The summed E-state index contributed by atoms with van der Waals surface area (Å²) in [7, 11) is 0. The first-order valence-electron chi connectivity index (χ1n) is 11.7. The first kappa shape index (κ1) is 22.7. The summed E-state index contributed by atoms with van der Waals surface area (Å²) in [5.74, 6) is 0.527. The van der Waals surface area contributed by atoms with E-state index in [-0.39, 0.29) is 17.8 Å². The fourth-order valence-electron chi connectivity index (χ4n) is 4.97. The highest BCUT2D eigenvalue weighted by atomic mass is 16.2. The summed E-state index contributed by atoms with van der Waals surface area (Å²) < 4.78 is 0. The monoisotopic (exact) mass is 441 g/mol. The van der Waals surface area contributed by atoms with Crippen LogP contribution in [-0.2, 0) is 9.59 Å². The fraction of sp³-hybridized carbons (Fsp3) is 0.625. The van der Waals surface area contributed by atoms with Gasteiger partial charge in [-0.3, -0.25) is 19.4 Å². The first-order chi connectivity index (χ1) is 15.3. The molecule has 0 aromatic heterocycles. The number of nitrogens with one attached hydrogen (secondary N) is 2. The summed E-state index contributed by atoms with van der Waals surface area (Å²) in [4.78, 5) is 43.8. The average molecular weight is 442 g/mol. The van der Waals surface area contributed by atoms with Gasteiger partial charge < -0.3 is 10.6 Å². The maximum absolute atomic E-state index is 13.1. The molecule has 0 bridgehead atoms. The molecule has 3 aliphatic rings. The van der Waals surface area contributed by atoms with E-state index in [0.29, 0.717) is 19.1 Å². The van der Waals surface area contributed by atoms with Crippen molar-refractivity contribution < 1.29 is 14.4 Å². The molecule has 174 valence electrons. The molecule has 4 rings (SSSR count). The van der Waals surface area contributed by atoms with Crippen LogP contribution in [0, 0.1) is 19.8 Å². The molecule has 32 heavy (non-hydrogen) atoms. The lowest BCUT2D eigenvalue weighted by molar-refractivity contribution is -0.134. The zero-order chi connectivity index (χ0) is 22.9. The Balaban J connectivity index is 1.25. The number of carbonyl (C=O) groups excluding carboxylic acids is 3. The van der Waals surface area contributed by atoms with E-state index in [2.05, 4.69) is 27.4 Å². The van der Waals surface area contributed by atoms with E-state index < -0.39 is 5.54 Å². The van der Waals surface area contributed by atoms with E-state index in [4.69, 9.17) is 0 Å². The van der Waals surface area contributed by atoms with Gasteiger partial charge in [0.15, 0.2) is 0 Å². The second kappa shape index (κ2) is 9.19. The predicted molar refractivity (Wildman–Crippen MR) is 123 cm³/mol. The highest BCUT2D eigenvalue weighted by molar-refractivity contribution is 6.07. The van der Waals surface area contributed by atoms with E-state index >= 15 is 0 Å². The number of anilines is 1. The van der Waals surface area contributed by atoms with Crippen LogP contribution in [0.1, 0.15) is 43.7 Å². The normalized spacial score (nSPS) is 27.1. The Morgan fingerprint density at radius 1 is 1.09 bits per heavy atom. The van der Waals surface area contributed by atoms with E-state index in [1.54, 1.807) is 0 Å². The molecule has 2 N–H and O–H groups in total. The molecular formula is C24H35N5O3. The molecule has 1 aromatic carbocycles. The van der Waals surface area contributed by atoms with Crippen molar-refractivity contribution in [3.8, 4) is 0 Å². The Morgan fingerprint density at radius 2 is 1.75 bits per heavy atom. The molecule has 3 fully saturated rings. The maximum atomic E-state index is 13.1. The number of hydrogen-bond acceptors (Lipinski definition) is 5. The Morgan fingerprint density at radius 3 is 2.44 bits per heavy atom. The van der Waals surface area contributed by atoms with Crippen LogP contribution in [0.25, 0.3) is 0 Å². The van der Waals surface area contributed by atoms with Gasteiger partial charge in [-0.15, -0.1) is 0 Å². The third kappa shape index (κ3) is 4.66. The SMILES string of the molecule is Cc1cccc(NC(=O)CN2CCN(CN3C(=O)NC4(CCC(C)CC4)C3=O)CC2)c1C. The van der Waals surface area contributed by atoms with Gasteiger partial charge in [0.2, 0.25) is 5.91 Å². The van der Waals surface area contributed by atoms with Crippen molar-refractivity contribution in [2.75, 3.05) is 44.7 Å². The van der Waals surface area contributed by atoms with Crippen molar-refractivity contribution in [1.29, 1.82) is 0 Å². The van der Waals surface area contributed by atoms with Crippen molar-refractivity contribution in [3.05, 3.63) is 29.3 Å². The third-order valence-corrected chi connectivity index (χ3v) is 7.43.